The Kier molecular flexibility index (Phi) is 3.87. The molecule has 2 aromatic rings. The molecule has 1 saturated carbocycles. The van der Waals surface area contributed by atoms with Crippen LogP contribution in [0.15, 0.2) is 30.5 Å². The molecule has 0 bridgehead atoms. The monoisotopic (exact) mass is 369 g/mol. The van der Waals surface area contributed by atoms with E-state index in [1.165, 1.54) is 0 Å². The highest BCUT2D eigenvalue weighted by Gasteiger charge is 2.56. The molecule has 1 atom stereocenters. The van der Waals surface area contributed by atoms with Gasteiger partial charge in [-0.25, -0.2) is 4.79 Å². The third kappa shape index (κ3) is 2.90. The number of nitrogens with zero attached hydrogens (tertiary/aromatic N) is 1. The van der Waals surface area contributed by atoms with Crippen molar-refractivity contribution in [3.8, 4) is 0 Å². The second-order valence-electron chi connectivity index (χ2n) is 7.05. The zero-order chi connectivity index (χ0) is 19.2. The number of H-pyrrole nitrogens is 1. The molecule has 9 heteroatoms. The number of hydrogen-bond acceptors (Lipinski definition) is 4. The van der Waals surface area contributed by atoms with Gasteiger partial charge in [-0.1, -0.05) is 18.2 Å². The molecule has 0 radical (unpaired) electrons. The van der Waals surface area contributed by atoms with Crippen LogP contribution in [0.25, 0.3) is 10.9 Å². The second kappa shape index (κ2) is 6.11. The number of hydrogen-bond donors (Lipinski definition) is 4. The van der Waals surface area contributed by atoms with Gasteiger partial charge in [0.1, 0.15) is 12.1 Å². The summed E-state index contributed by atoms with van der Waals surface area (Å²) in [6.07, 6.45) is 3.30. The Morgan fingerprint density at radius 2 is 1.96 bits per heavy atom. The molecular formula is C18H19N5O4. The molecule has 0 spiro atoms. The first-order valence-electron chi connectivity index (χ1n) is 8.69. The van der Waals surface area contributed by atoms with E-state index in [0.717, 1.165) is 28.6 Å². The fraction of sp³-hybridized carbons (Fsp3) is 0.333. The average molecular weight is 369 g/mol. The number of aromatic amines is 1. The van der Waals surface area contributed by atoms with Gasteiger partial charge in [0.15, 0.2) is 0 Å². The van der Waals surface area contributed by atoms with Crippen LogP contribution in [0, 0.1) is 5.92 Å². The SMILES string of the molecule is C[C@]1(C2CC2)NC(=O)N(CC(=O)NNC(=O)c2c[nH]c3ccccc23)C1=O. The van der Waals surface area contributed by atoms with Gasteiger partial charge in [-0.15, -0.1) is 0 Å². The number of hydrazine groups is 1. The van der Waals surface area contributed by atoms with E-state index in [4.69, 9.17) is 0 Å². The minimum atomic E-state index is -0.940. The lowest BCUT2D eigenvalue weighted by Crippen LogP contribution is -2.49. The van der Waals surface area contributed by atoms with Crippen LogP contribution < -0.4 is 16.2 Å². The van der Waals surface area contributed by atoms with Crippen molar-refractivity contribution in [2.75, 3.05) is 6.54 Å². The van der Waals surface area contributed by atoms with Gasteiger partial charge in [0, 0.05) is 17.1 Å². The number of aromatic nitrogens is 1. The van der Waals surface area contributed by atoms with Crippen LogP contribution in [0.2, 0.25) is 0 Å². The lowest BCUT2D eigenvalue weighted by atomic mass is 9.96. The van der Waals surface area contributed by atoms with E-state index >= 15 is 0 Å². The first-order chi connectivity index (χ1) is 12.9. The quantitative estimate of drug-likeness (QED) is 0.467. The van der Waals surface area contributed by atoms with E-state index < -0.39 is 35.8 Å². The maximum absolute atomic E-state index is 12.5. The summed E-state index contributed by atoms with van der Waals surface area (Å²) in [6, 6.07) is 6.68. The third-order valence-corrected chi connectivity index (χ3v) is 5.15. The highest BCUT2D eigenvalue weighted by molar-refractivity contribution is 6.10. The van der Waals surface area contributed by atoms with Gasteiger partial charge >= 0.3 is 6.03 Å². The summed E-state index contributed by atoms with van der Waals surface area (Å²) >= 11 is 0. The highest BCUT2D eigenvalue weighted by Crippen LogP contribution is 2.42. The molecule has 1 aliphatic heterocycles. The maximum Gasteiger partial charge on any atom is 0.325 e. The van der Waals surface area contributed by atoms with Crippen molar-refractivity contribution in [3.63, 3.8) is 0 Å². The third-order valence-electron chi connectivity index (χ3n) is 5.15. The van der Waals surface area contributed by atoms with Crippen molar-refractivity contribution in [1.29, 1.82) is 0 Å². The Morgan fingerprint density at radius 3 is 2.70 bits per heavy atom. The van der Waals surface area contributed by atoms with E-state index in [2.05, 4.69) is 21.2 Å². The first kappa shape index (κ1) is 17.1. The summed E-state index contributed by atoms with van der Waals surface area (Å²) in [4.78, 5) is 52.8. The second-order valence-corrected chi connectivity index (χ2v) is 7.05. The molecule has 4 rings (SSSR count). The number of para-hydroxylation sites is 1. The number of carbonyl (C=O) groups excluding carboxylic acids is 4. The smallest absolute Gasteiger partial charge is 0.325 e. The molecular weight excluding hydrogens is 350 g/mol. The zero-order valence-electron chi connectivity index (χ0n) is 14.7. The number of carbonyl (C=O) groups is 4. The minimum Gasteiger partial charge on any atom is -0.360 e. The molecule has 9 nitrogen and oxygen atoms in total. The Labute approximate surface area is 154 Å². The number of rotatable bonds is 4. The van der Waals surface area contributed by atoms with E-state index in [0.29, 0.717) is 5.56 Å². The molecule has 2 heterocycles. The van der Waals surface area contributed by atoms with E-state index in [-0.39, 0.29) is 5.92 Å². The molecule has 2 aliphatic rings. The summed E-state index contributed by atoms with van der Waals surface area (Å²) in [7, 11) is 0. The number of fused-ring (bicyclic) bond motifs is 1. The van der Waals surface area contributed by atoms with Gasteiger partial charge in [-0.3, -0.25) is 30.1 Å². The number of nitrogens with one attached hydrogen (secondary N) is 4. The van der Waals surface area contributed by atoms with Crippen molar-refractivity contribution in [2.24, 2.45) is 5.92 Å². The fourth-order valence-corrected chi connectivity index (χ4v) is 3.43. The summed E-state index contributed by atoms with van der Waals surface area (Å²) in [5.41, 5.74) is 4.79. The molecule has 140 valence electrons. The zero-order valence-corrected chi connectivity index (χ0v) is 14.7. The van der Waals surface area contributed by atoms with E-state index in [9.17, 15) is 19.2 Å². The van der Waals surface area contributed by atoms with Crippen LogP contribution in [0.5, 0.6) is 0 Å². The summed E-state index contributed by atoms with van der Waals surface area (Å²) in [5.74, 6) is -1.45. The van der Waals surface area contributed by atoms with Crippen LogP contribution in [0.4, 0.5) is 4.79 Å². The summed E-state index contributed by atoms with van der Waals surface area (Å²) < 4.78 is 0. The lowest BCUT2D eigenvalue weighted by Gasteiger charge is -2.20. The molecule has 5 amide bonds. The molecule has 1 aliphatic carbocycles. The number of amides is 5. The molecule has 2 fully saturated rings. The number of urea groups is 1. The van der Waals surface area contributed by atoms with Crippen LogP contribution in [0.3, 0.4) is 0 Å². The Bertz CT molecular complexity index is 964. The van der Waals surface area contributed by atoms with Crippen LogP contribution in [-0.2, 0) is 9.59 Å². The van der Waals surface area contributed by atoms with Crippen molar-refractivity contribution in [1.82, 2.24) is 26.1 Å². The van der Waals surface area contributed by atoms with Gasteiger partial charge in [-0.05, 0) is 31.7 Å². The Hall–Kier alpha value is -3.36. The number of imide groups is 1. The topological polar surface area (TPSA) is 123 Å². The van der Waals surface area contributed by atoms with Crippen molar-refractivity contribution in [3.05, 3.63) is 36.0 Å². The summed E-state index contributed by atoms with van der Waals surface area (Å²) in [5, 5.41) is 3.39. The van der Waals surface area contributed by atoms with Crippen LogP contribution in [0.1, 0.15) is 30.1 Å². The normalized spacial score (nSPS) is 22.0. The Balaban J connectivity index is 1.36. The van der Waals surface area contributed by atoms with Gasteiger partial charge in [0.2, 0.25) is 0 Å². The molecule has 4 N–H and O–H groups in total. The predicted molar refractivity (Wildman–Crippen MR) is 95.3 cm³/mol. The molecule has 1 aromatic heterocycles. The van der Waals surface area contributed by atoms with E-state index in [1.807, 2.05) is 12.1 Å². The minimum absolute atomic E-state index is 0.114. The standard InChI is InChI=1S/C18H19N5O4/c1-18(10-6-7-10)16(26)23(17(27)20-18)9-14(24)21-22-15(25)12-8-19-13-5-3-2-4-11(12)13/h2-5,8,10,19H,6-7,9H2,1H3,(H,20,27)(H,21,24)(H,22,25)/t18-/m1/s1. The molecule has 0 unspecified atom stereocenters. The maximum atomic E-state index is 12.5. The van der Waals surface area contributed by atoms with Gasteiger partial charge < -0.3 is 10.3 Å². The van der Waals surface area contributed by atoms with Crippen molar-refractivity contribution in [2.45, 2.75) is 25.3 Å². The highest BCUT2D eigenvalue weighted by atomic mass is 16.2. The first-order valence-corrected chi connectivity index (χ1v) is 8.69. The average Bonchev–Trinajstić information content (AvgIpc) is 3.39. The van der Waals surface area contributed by atoms with Crippen molar-refractivity contribution >= 4 is 34.7 Å². The van der Waals surface area contributed by atoms with Crippen LogP contribution >= 0.6 is 0 Å². The summed E-state index contributed by atoms with van der Waals surface area (Å²) in [6.45, 7) is 1.22. The predicted octanol–water partition coefficient (Wildman–Crippen LogP) is 0.649. The molecule has 1 saturated heterocycles. The van der Waals surface area contributed by atoms with Gasteiger partial charge in [0.05, 0.1) is 5.56 Å². The fourth-order valence-electron chi connectivity index (χ4n) is 3.43. The van der Waals surface area contributed by atoms with Crippen molar-refractivity contribution < 1.29 is 19.2 Å². The van der Waals surface area contributed by atoms with Gasteiger partial charge in [0.25, 0.3) is 17.7 Å². The largest absolute Gasteiger partial charge is 0.360 e. The lowest BCUT2D eigenvalue weighted by molar-refractivity contribution is -0.135. The van der Waals surface area contributed by atoms with Crippen LogP contribution in [-0.4, -0.2) is 45.7 Å². The molecule has 1 aromatic carbocycles. The number of benzene rings is 1. The Morgan fingerprint density at radius 1 is 1.22 bits per heavy atom. The molecule has 27 heavy (non-hydrogen) atoms. The van der Waals surface area contributed by atoms with Gasteiger partial charge in [-0.2, -0.15) is 0 Å². The van der Waals surface area contributed by atoms with E-state index in [1.54, 1.807) is 25.3 Å².